The SMILES string of the molecule is CN=C(CN1CCOCC1)NN(C=O)P(O)O. The lowest BCUT2D eigenvalue weighted by Gasteiger charge is -2.28. The van der Waals surface area contributed by atoms with Crippen molar-refractivity contribution in [3.63, 3.8) is 0 Å². The second kappa shape index (κ2) is 7.52. The summed E-state index contributed by atoms with van der Waals surface area (Å²) < 4.78 is 5.90. The first-order valence-electron chi connectivity index (χ1n) is 5.12. The Kier molecular flexibility index (Phi) is 6.31. The summed E-state index contributed by atoms with van der Waals surface area (Å²) in [7, 11) is -0.923. The molecule has 8 nitrogen and oxygen atoms in total. The minimum atomic E-state index is -2.50. The van der Waals surface area contributed by atoms with Gasteiger partial charge in [0.25, 0.3) is 0 Å². The van der Waals surface area contributed by atoms with Crippen LogP contribution in [-0.4, -0.2) is 71.6 Å². The summed E-state index contributed by atoms with van der Waals surface area (Å²) in [5.41, 5.74) is 2.56. The summed E-state index contributed by atoms with van der Waals surface area (Å²) in [6, 6.07) is 0. The van der Waals surface area contributed by atoms with Crippen LogP contribution in [0.4, 0.5) is 0 Å². The zero-order valence-electron chi connectivity index (χ0n) is 9.61. The zero-order valence-corrected chi connectivity index (χ0v) is 10.5. The van der Waals surface area contributed by atoms with Crippen LogP contribution in [0, 0.1) is 0 Å². The molecule has 0 aliphatic carbocycles. The summed E-state index contributed by atoms with van der Waals surface area (Å²) in [6.07, 6.45) is 0.316. The van der Waals surface area contributed by atoms with Crippen LogP contribution in [0.25, 0.3) is 0 Å². The molecule has 0 saturated carbocycles. The number of carbonyl (C=O) groups excluding carboxylic acids is 1. The summed E-state index contributed by atoms with van der Waals surface area (Å²) >= 11 is 0. The van der Waals surface area contributed by atoms with Gasteiger partial charge in [-0.15, -0.1) is 0 Å². The number of aliphatic imine (C=N–C) groups is 1. The number of hydrogen-bond acceptors (Lipinski definition) is 6. The lowest BCUT2D eigenvalue weighted by Crippen LogP contribution is -2.47. The van der Waals surface area contributed by atoms with E-state index < -0.39 is 8.53 Å². The Morgan fingerprint density at radius 3 is 2.71 bits per heavy atom. The van der Waals surface area contributed by atoms with Crippen LogP contribution in [0.3, 0.4) is 0 Å². The topological polar surface area (TPSA) is 97.6 Å². The van der Waals surface area contributed by atoms with Crippen LogP contribution in [0.2, 0.25) is 0 Å². The van der Waals surface area contributed by atoms with Crippen molar-refractivity contribution in [1.29, 1.82) is 0 Å². The molecule has 0 aromatic heterocycles. The maximum Gasteiger partial charge on any atom is 0.306 e. The molecule has 1 aliphatic rings. The number of amidine groups is 1. The fraction of sp³-hybridized carbons (Fsp3) is 0.750. The van der Waals surface area contributed by atoms with Gasteiger partial charge in [0.05, 0.1) is 19.8 Å². The van der Waals surface area contributed by atoms with Gasteiger partial charge in [0.15, 0.2) is 0 Å². The van der Waals surface area contributed by atoms with Crippen LogP contribution >= 0.6 is 8.53 Å². The molecule has 0 spiro atoms. The molecule has 0 aromatic carbocycles. The van der Waals surface area contributed by atoms with E-state index >= 15 is 0 Å². The highest BCUT2D eigenvalue weighted by molar-refractivity contribution is 7.43. The van der Waals surface area contributed by atoms with Gasteiger partial charge in [0.1, 0.15) is 5.84 Å². The summed E-state index contributed by atoms with van der Waals surface area (Å²) in [5.74, 6) is 0.495. The first-order valence-corrected chi connectivity index (χ1v) is 6.32. The van der Waals surface area contributed by atoms with Crippen molar-refractivity contribution in [3.05, 3.63) is 0 Å². The second-order valence-corrected chi connectivity index (χ2v) is 4.36. The molecule has 1 fully saturated rings. The van der Waals surface area contributed by atoms with Gasteiger partial charge in [0.2, 0.25) is 6.41 Å². The minimum Gasteiger partial charge on any atom is -0.379 e. The molecule has 17 heavy (non-hydrogen) atoms. The van der Waals surface area contributed by atoms with Crippen molar-refractivity contribution >= 4 is 20.8 Å². The van der Waals surface area contributed by atoms with E-state index in [0.29, 0.717) is 36.8 Å². The fourth-order valence-corrected chi connectivity index (χ4v) is 1.66. The summed E-state index contributed by atoms with van der Waals surface area (Å²) in [4.78, 5) is 34.5. The van der Waals surface area contributed by atoms with Crippen molar-refractivity contribution in [2.45, 2.75) is 0 Å². The maximum atomic E-state index is 10.6. The third-order valence-corrected chi connectivity index (χ3v) is 2.86. The second-order valence-electron chi connectivity index (χ2n) is 3.39. The molecule has 0 aromatic rings. The highest BCUT2D eigenvalue weighted by Crippen LogP contribution is 2.24. The van der Waals surface area contributed by atoms with Gasteiger partial charge < -0.3 is 14.5 Å². The zero-order chi connectivity index (χ0) is 12.7. The van der Waals surface area contributed by atoms with Crippen molar-refractivity contribution < 1.29 is 19.3 Å². The predicted octanol–water partition coefficient (Wildman–Crippen LogP) is -1.48. The van der Waals surface area contributed by atoms with E-state index in [1.54, 1.807) is 7.05 Å². The minimum absolute atomic E-state index is 0.316. The highest BCUT2D eigenvalue weighted by Gasteiger charge is 2.17. The van der Waals surface area contributed by atoms with Gasteiger partial charge >= 0.3 is 8.53 Å². The number of hydrogen-bond donors (Lipinski definition) is 3. The number of morpholine rings is 1. The van der Waals surface area contributed by atoms with Crippen LogP contribution in [0.5, 0.6) is 0 Å². The standard InChI is InChI=1S/C8H17N4O4P/c1-9-8(10-12(7-13)17(14)15)6-11-2-4-16-5-3-11/h7,14-15H,2-6H2,1H3,(H,9,10). The van der Waals surface area contributed by atoms with E-state index in [9.17, 15) is 4.79 Å². The molecule has 1 amide bonds. The first kappa shape index (κ1) is 14.3. The first-order chi connectivity index (χ1) is 8.17. The van der Waals surface area contributed by atoms with Crippen molar-refractivity contribution in [1.82, 2.24) is 15.1 Å². The van der Waals surface area contributed by atoms with Gasteiger partial charge in [-0.1, -0.05) is 0 Å². The number of ether oxygens (including phenoxy) is 1. The number of rotatable bonds is 5. The molecular formula is C8H17N4O4P. The normalized spacial score (nSPS) is 18.2. The number of carbonyl (C=O) groups is 1. The summed E-state index contributed by atoms with van der Waals surface area (Å²) in [5, 5.41) is 0. The molecule has 1 rings (SSSR count). The number of hydrazine groups is 1. The Bertz CT molecular complexity index is 270. The van der Waals surface area contributed by atoms with E-state index in [0.717, 1.165) is 13.1 Å². The third-order valence-electron chi connectivity index (χ3n) is 2.28. The van der Waals surface area contributed by atoms with Gasteiger partial charge in [-0.2, -0.15) is 4.78 Å². The predicted molar refractivity (Wildman–Crippen MR) is 63.0 cm³/mol. The Morgan fingerprint density at radius 2 is 2.24 bits per heavy atom. The molecule has 0 bridgehead atoms. The molecule has 98 valence electrons. The Balaban J connectivity index is 2.45. The van der Waals surface area contributed by atoms with Gasteiger partial charge in [-0.3, -0.25) is 20.1 Å². The molecule has 1 saturated heterocycles. The van der Waals surface area contributed by atoms with E-state index in [4.69, 9.17) is 14.5 Å². The molecular weight excluding hydrogens is 247 g/mol. The average molecular weight is 264 g/mol. The van der Waals surface area contributed by atoms with E-state index in [1.807, 2.05) is 0 Å². The van der Waals surface area contributed by atoms with Crippen molar-refractivity contribution in [3.8, 4) is 0 Å². The Labute approximate surface area is 101 Å². The molecule has 0 atom stereocenters. The number of nitrogens with zero attached hydrogens (tertiary/aromatic N) is 3. The molecule has 9 heteroatoms. The molecule has 1 aliphatic heterocycles. The lowest BCUT2D eigenvalue weighted by molar-refractivity contribution is -0.115. The van der Waals surface area contributed by atoms with E-state index in [1.165, 1.54) is 0 Å². The van der Waals surface area contributed by atoms with Gasteiger partial charge in [-0.05, 0) is 0 Å². The molecule has 3 N–H and O–H groups in total. The van der Waals surface area contributed by atoms with Gasteiger partial charge in [-0.25, -0.2) is 0 Å². The molecule has 0 radical (unpaired) electrons. The van der Waals surface area contributed by atoms with Gasteiger partial charge in [0, 0.05) is 20.1 Å². The van der Waals surface area contributed by atoms with Crippen molar-refractivity contribution in [2.75, 3.05) is 39.9 Å². The quantitative estimate of drug-likeness (QED) is 0.184. The number of amides is 1. The highest BCUT2D eigenvalue weighted by atomic mass is 31.2. The van der Waals surface area contributed by atoms with Crippen LogP contribution in [-0.2, 0) is 9.53 Å². The monoisotopic (exact) mass is 264 g/mol. The third kappa shape index (κ3) is 4.93. The van der Waals surface area contributed by atoms with Crippen molar-refractivity contribution in [2.24, 2.45) is 4.99 Å². The smallest absolute Gasteiger partial charge is 0.306 e. The van der Waals surface area contributed by atoms with Crippen LogP contribution in [0.1, 0.15) is 0 Å². The molecule has 0 unspecified atom stereocenters. The van der Waals surface area contributed by atoms with Crippen LogP contribution < -0.4 is 5.43 Å². The Hall–Kier alpha value is -0.790. The summed E-state index contributed by atoms with van der Waals surface area (Å²) in [6.45, 7) is 3.42. The number of nitrogens with one attached hydrogen (secondary N) is 1. The molecule has 1 heterocycles. The Morgan fingerprint density at radius 1 is 1.59 bits per heavy atom. The van der Waals surface area contributed by atoms with E-state index in [2.05, 4.69) is 15.3 Å². The maximum absolute atomic E-state index is 10.6. The lowest BCUT2D eigenvalue weighted by atomic mass is 10.4. The van der Waals surface area contributed by atoms with E-state index in [-0.39, 0.29) is 0 Å². The largest absolute Gasteiger partial charge is 0.379 e. The average Bonchev–Trinajstić information content (AvgIpc) is 2.35. The fourth-order valence-electron chi connectivity index (χ4n) is 1.37. The van der Waals surface area contributed by atoms with Crippen LogP contribution in [0.15, 0.2) is 4.99 Å².